The van der Waals surface area contributed by atoms with Gasteiger partial charge in [-0.3, -0.25) is 0 Å². The smallest absolute Gasteiger partial charge is 0.0588 e. The third-order valence-corrected chi connectivity index (χ3v) is 11.6. The number of benzene rings is 8. The molecule has 0 amide bonds. The van der Waals surface area contributed by atoms with Crippen LogP contribution in [0.25, 0.3) is 66.1 Å². The zero-order chi connectivity index (χ0) is 36.0. The summed E-state index contributed by atoms with van der Waals surface area (Å²) in [5, 5.41) is 5.07. The van der Waals surface area contributed by atoms with E-state index in [-0.39, 0.29) is 5.41 Å². The van der Waals surface area contributed by atoms with Crippen LogP contribution in [0.4, 0.5) is 17.1 Å². The van der Waals surface area contributed by atoms with Crippen molar-refractivity contribution >= 4 is 60.7 Å². The number of hydrogen-bond donors (Lipinski definition) is 0. The molecule has 0 unspecified atom stereocenters. The van der Waals surface area contributed by atoms with Crippen LogP contribution in [0.3, 0.4) is 0 Å². The monoisotopic (exact) mass is 691 g/mol. The lowest BCUT2D eigenvalue weighted by Gasteiger charge is -2.25. The first-order chi connectivity index (χ1) is 26.6. The fraction of sp³-hybridized carbons (Fsp3) is 0.0588. The minimum Gasteiger partial charge on any atom is -0.311 e. The van der Waals surface area contributed by atoms with Crippen LogP contribution in [0, 0.1) is 0 Å². The van der Waals surface area contributed by atoms with Crippen molar-refractivity contribution in [1.82, 2.24) is 9.13 Å². The molecule has 3 heteroatoms. The van der Waals surface area contributed by atoms with Gasteiger partial charge in [-0.2, -0.15) is 0 Å². The van der Waals surface area contributed by atoms with Crippen LogP contribution in [0.15, 0.2) is 188 Å². The second-order valence-electron chi connectivity index (χ2n) is 15.0. The van der Waals surface area contributed by atoms with Crippen molar-refractivity contribution in [3.63, 3.8) is 0 Å². The Labute approximate surface area is 314 Å². The summed E-state index contributed by atoms with van der Waals surface area (Å²) in [5.41, 5.74) is 15.9. The summed E-state index contributed by atoms with van der Waals surface area (Å²) in [6.45, 7) is 4.78. The standard InChI is InChI=1S/C51H37N3/c1-51(2)45-24-14-12-22-39(45)41-30-31-42-44-32-43-40-23-13-15-25-46(40)53(47(43)33-48(44)54(50(42)49(41)51)36-20-10-5-11-21-36)38-28-26-37(27-29-38)52(34-16-6-3-7-17-34)35-18-8-4-9-19-35/h3-33H,1-2H3. The average Bonchev–Trinajstić information content (AvgIpc) is 3.81. The van der Waals surface area contributed by atoms with Crippen LogP contribution in [-0.2, 0) is 5.41 Å². The Balaban J connectivity index is 1.18. The maximum absolute atomic E-state index is 2.53. The highest BCUT2D eigenvalue weighted by atomic mass is 15.1. The lowest BCUT2D eigenvalue weighted by molar-refractivity contribution is 0.664. The van der Waals surface area contributed by atoms with Crippen molar-refractivity contribution in [1.29, 1.82) is 0 Å². The first kappa shape index (κ1) is 30.8. The Morgan fingerprint density at radius 3 is 1.67 bits per heavy atom. The molecule has 1 aliphatic rings. The van der Waals surface area contributed by atoms with Gasteiger partial charge in [0.2, 0.25) is 0 Å². The molecule has 3 nitrogen and oxygen atoms in total. The second kappa shape index (κ2) is 11.6. The van der Waals surface area contributed by atoms with E-state index in [2.05, 4.69) is 216 Å². The predicted molar refractivity (Wildman–Crippen MR) is 227 cm³/mol. The molecule has 0 radical (unpaired) electrons. The molecule has 256 valence electrons. The number of para-hydroxylation sites is 4. The van der Waals surface area contributed by atoms with Crippen molar-refractivity contribution in [3.8, 4) is 22.5 Å². The van der Waals surface area contributed by atoms with E-state index >= 15 is 0 Å². The van der Waals surface area contributed by atoms with Crippen LogP contribution < -0.4 is 4.90 Å². The lowest BCUT2D eigenvalue weighted by Crippen LogP contribution is -2.16. The van der Waals surface area contributed by atoms with Crippen molar-refractivity contribution in [3.05, 3.63) is 199 Å². The SMILES string of the molecule is CC1(C)c2ccccc2-c2ccc3c4cc5c6ccccc6n(-c6ccc(N(c7ccccc7)c7ccccc7)cc6)c5cc4n(-c4ccccc4)c3c21. The normalized spacial score (nSPS) is 13.1. The molecular formula is C51H37N3. The van der Waals surface area contributed by atoms with E-state index in [1.165, 1.54) is 71.6 Å². The third kappa shape index (κ3) is 4.36. The number of hydrogen-bond acceptors (Lipinski definition) is 1. The van der Waals surface area contributed by atoms with Gasteiger partial charge in [-0.05, 0) is 101 Å². The highest BCUT2D eigenvalue weighted by Crippen LogP contribution is 2.53. The van der Waals surface area contributed by atoms with E-state index in [9.17, 15) is 0 Å². The van der Waals surface area contributed by atoms with Crippen LogP contribution in [0.1, 0.15) is 25.0 Å². The molecule has 0 fully saturated rings. The molecule has 2 heterocycles. The minimum absolute atomic E-state index is 0.150. The number of fused-ring (bicyclic) bond motifs is 10. The van der Waals surface area contributed by atoms with E-state index in [4.69, 9.17) is 0 Å². The first-order valence-electron chi connectivity index (χ1n) is 18.8. The molecular weight excluding hydrogens is 655 g/mol. The van der Waals surface area contributed by atoms with Crippen LogP contribution in [0.5, 0.6) is 0 Å². The zero-order valence-electron chi connectivity index (χ0n) is 30.2. The van der Waals surface area contributed by atoms with E-state index in [0.717, 1.165) is 22.7 Å². The van der Waals surface area contributed by atoms with Gasteiger partial charge < -0.3 is 14.0 Å². The Morgan fingerprint density at radius 1 is 0.389 bits per heavy atom. The van der Waals surface area contributed by atoms with Crippen LogP contribution >= 0.6 is 0 Å². The zero-order valence-corrected chi connectivity index (χ0v) is 30.2. The summed E-state index contributed by atoms with van der Waals surface area (Å²) < 4.78 is 4.97. The van der Waals surface area contributed by atoms with Gasteiger partial charge in [0.25, 0.3) is 0 Å². The second-order valence-corrected chi connectivity index (χ2v) is 15.0. The summed E-state index contributed by atoms with van der Waals surface area (Å²) in [5.74, 6) is 0. The van der Waals surface area contributed by atoms with Gasteiger partial charge in [0.05, 0.1) is 22.1 Å². The number of rotatable bonds is 5. The lowest BCUT2D eigenvalue weighted by atomic mass is 9.81. The Kier molecular flexibility index (Phi) is 6.60. The summed E-state index contributed by atoms with van der Waals surface area (Å²) in [6, 6.07) is 68.6. The average molecular weight is 692 g/mol. The van der Waals surface area contributed by atoms with Gasteiger partial charge in [-0.1, -0.05) is 123 Å². The molecule has 8 aromatic carbocycles. The van der Waals surface area contributed by atoms with E-state index < -0.39 is 0 Å². The highest BCUT2D eigenvalue weighted by Gasteiger charge is 2.38. The van der Waals surface area contributed by atoms with Gasteiger partial charge in [0.15, 0.2) is 0 Å². The number of nitrogens with zero attached hydrogens (tertiary/aromatic N) is 3. The molecule has 0 atom stereocenters. The van der Waals surface area contributed by atoms with Gasteiger partial charge in [0.1, 0.15) is 0 Å². The first-order valence-corrected chi connectivity index (χ1v) is 18.8. The van der Waals surface area contributed by atoms with Crippen molar-refractivity contribution in [2.45, 2.75) is 19.3 Å². The van der Waals surface area contributed by atoms with Crippen LogP contribution in [0.2, 0.25) is 0 Å². The van der Waals surface area contributed by atoms with Crippen molar-refractivity contribution in [2.75, 3.05) is 4.90 Å². The molecule has 0 saturated heterocycles. The molecule has 0 N–H and O–H groups in total. The van der Waals surface area contributed by atoms with Crippen molar-refractivity contribution < 1.29 is 0 Å². The fourth-order valence-electron chi connectivity index (χ4n) is 9.30. The molecule has 0 spiro atoms. The fourth-order valence-corrected chi connectivity index (χ4v) is 9.30. The number of aromatic nitrogens is 2. The molecule has 0 saturated carbocycles. The van der Waals surface area contributed by atoms with E-state index in [1.807, 2.05) is 0 Å². The summed E-state index contributed by atoms with van der Waals surface area (Å²) in [6.07, 6.45) is 0. The van der Waals surface area contributed by atoms with Gasteiger partial charge >= 0.3 is 0 Å². The maximum Gasteiger partial charge on any atom is 0.0588 e. The predicted octanol–water partition coefficient (Wildman–Crippen LogP) is 13.7. The number of anilines is 3. The maximum atomic E-state index is 2.53. The van der Waals surface area contributed by atoms with Gasteiger partial charge in [-0.15, -0.1) is 0 Å². The quantitative estimate of drug-likeness (QED) is 0.175. The molecule has 0 aliphatic heterocycles. The Morgan fingerprint density at radius 2 is 0.944 bits per heavy atom. The molecule has 54 heavy (non-hydrogen) atoms. The molecule has 10 aromatic rings. The largest absolute Gasteiger partial charge is 0.311 e. The Hall–Kier alpha value is -6.84. The summed E-state index contributed by atoms with van der Waals surface area (Å²) in [4.78, 5) is 2.32. The minimum atomic E-state index is -0.150. The molecule has 0 bridgehead atoms. The molecule has 2 aromatic heterocycles. The third-order valence-electron chi connectivity index (χ3n) is 11.6. The Bertz CT molecular complexity index is 3000. The van der Waals surface area contributed by atoms with E-state index in [1.54, 1.807) is 0 Å². The van der Waals surface area contributed by atoms with Gasteiger partial charge in [-0.25, -0.2) is 0 Å². The highest BCUT2D eigenvalue weighted by molar-refractivity contribution is 6.20. The van der Waals surface area contributed by atoms with Gasteiger partial charge in [0, 0.05) is 55.4 Å². The van der Waals surface area contributed by atoms with E-state index in [0.29, 0.717) is 0 Å². The molecule has 11 rings (SSSR count). The molecule has 1 aliphatic carbocycles. The summed E-state index contributed by atoms with van der Waals surface area (Å²) in [7, 11) is 0. The van der Waals surface area contributed by atoms with Crippen molar-refractivity contribution in [2.24, 2.45) is 0 Å². The topological polar surface area (TPSA) is 13.1 Å². The van der Waals surface area contributed by atoms with Crippen LogP contribution in [-0.4, -0.2) is 9.13 Å². The summed E-state index contributed by atoms with van der Waals surface area (Å²) >= 11 is 0.